The fourth-order valence-corrected chi connectivity index (χ4v) is 2.03. The summed E-state index contributed by atoms with van der Waals surface area (Å²) in [5.41, 5.74) is 2.31. The molecule has 1 aliphatic rings. The van der Waals surface area contributed by atoms with Gasteiger partial charge in [-0.2, -0.15) is 0 Å². The molecule has 16 heavy (non-hydrogen) atoms. The molecule has 0 spiro atoms. The first kappa shape index (κ1) is 13.0. The van der Waals surface area contributed by atoms with Gasteiger partial charge in [-0.15, -0.1) is 0 Å². The summed E-state index contributed by atoms with van der Waals surface area (Å²) in [6, 6.07) is -0.354. The lowest BCUT2D eigenvalue weighted by molar-refractivity contribution is -0.147. The first-order valence-electron chi connectivity index (χ1n) is 5.83. The Labute approximate surface area is 96.1 Å². The van der Waals surface area contributed by atoms with Gasteiger partial charge in [-0.05, 0) is 25.7 Å². The molecule has 0 unspecified atom stereocenters. The number of piperidine rings is 1. The van der Waals surface area contributed by atoms with Crippen molar-refractivity contribution in [3.8, 4) is 0 Å². The number of amides is 2. The van der Waals surface area contributed by atoms with Gasteiger partial charge in [0.05, 0.1) is 7.11 Å². The van der Waals surface area contributed by atoms with Gasteiger partial charge in [0.25, 0.3) is 5.91 Å². The Kier molecular flexibility index (Phi) is 5.25. The lowest BCUT2D eigenvalue weighted by Gasteiger charge is -2.34. The Bertz CT molecular complexity index is 230. The highest BCUT2D eigenvalue weighted by atomic mass is 16.6. The molecule has 2 amide bonds. The zero-order chi connectivity index (χ0) is 12.0. The normalized spacial score (nSPS) is 20.6. The summed E-state index contributed by atoms with van der Waals surface area (Å²) >= 11 is 0. The molecule has 5 nitrogen and oxygen atoms in total. The summed E-state index contributed by atoms with van der Waals surface area (Å²) in [5, 5.41) is 0. The molecule has 0 aromatic rings. The van der Waals surface area contributed by atoms with Crippen molar-refractivity contribution in [2.75, 3.05) is 13.7 Å². The van der Waals surface area contributed by atoms with Crippen LogP contribution in [0.1, 0.15) is 39.0 Å². The summed E-state index contributed by atoms with van der Waals surface area (Å²) in [4.78, 5) is 29.8. The van der Waals surface area contributed by atoms with Gasteiger partial charge < -0.3 is 4.90 Å². The van der Waals surface area contributed by atoms with Crippen LogP contribution in [0.3, 0.4) is 0 Å². The van der Waals surface area contributed by atoms with E-state index in [0.29, 0.717) is 13.0 Å². The molecule has 0 radical (unpaired) electrons. The van der Waals surface area contributed by atoms with Crippen LogP contribution in [-0.4, -0.2) is 36.4 Å². The fraction of sp³-hybridized carbons (Fsp3) is 0.818. The highest BCUT2D eigenvalue weighted by Crippen LogP contribution is 2.18. The van der Waals surface area contributed by atoms with Crippen molar-refractivity contribution in [3.05, 3.63) is 0 Å². The average Bonchev–Trinajstić information content (AvgIpc) is 2.30. The van der Waals surface area contributed by atoms with Crippen LogP contribution in [0.4, 0.5) is 0 Å². The maximum atomic E-state index is 11.8. The number of hydroxylamine groups is 1. The molecule has 1 N–H and O–H groups in total. The molecular weight excluding hydrogens is 208 g/mol. The van der Waals surface area contributed by atoms with Gasteiger partial charge in [-0.3, -0.25) is 14.4 Å². The molecule has 0 bridgehead atoms. The maximum Gasteiger partial charge on any atom is 0.266 e. The maximum absolute atomic E-state index is 11.8. The quantitative estimate of drug-likeness (QED) is 0.725. The first-order valence-corrected chi connectivity index (χ1v) is 5.83. The van der Waals surface area contributed by atoms with Crippen molar-refractivity contribution >= 4 is 11.8 Å². The van der Waals surface area contributed by atoms with Crippen LogP contribution < -0.4 is 5.48 Å². The van der Waals surface area contributed by atoms with E-state index < -0.39 is 0 Å². The zero-order valence-electron chi connectivity index (χ0n) is 9.99. The Hall–Kier alpha value is -1.10. The minimum Gasteiger partial charge on any atom is -0.331 e. The van der Waals surface area contributed by atoms with Crippen LogP contribution in [0.5, 0.6) is 0 Å². The SMILES string of the molecule is CCCC(=O)N1CCCC[C@H]1C(=O)NOC. The van der Waals surface area contributed by atoms with Crippen molar-refractivity contribution in [1.82, 2.24) is 10.4 Å². The molecular formula is C11H20N2O3. The molecule has 0 aliphatic carbocycles. The van der Waals surface area contributed by atoms with Crippen LogP contribution in [0.25, 0.3) is 0 Å². The Balaban J connectivity index is 2.63. The number of nitrogens with one attached hydrogen (secondary N) is 1. The lowest BCUT2D eigenvalue weighted by atomic mass is 10.0. The molecule has 5 heteroatoms. The van der Waals surface area contributed by atoms with Crippen molar-refractivity contribution in [3.63, 3.8) is 0 Å². The van der Waals surface area contributed by atoms with Gasteiger partial charge in [-0.25, -0.2) is 5.48 Å². The first-order chi connectivity index (χ1) is 7.70. The number of likely N-dealkylation sites (tertiary alicyclic amines) is 1. The zero-order valence-corrected chi connectivity index (χ0v) is 9.99. The van der Waals surface area contributed by atoms with Crippen molar-refractivity contribution < 1.29 is 14.4 Å². The fourth-order valence-electron chi connectivity index (χ4n) is 2.03. The molecule has 92 valence electrons. The number of rotatable bonds is 4. The van der Waals surface area contributed by atoms with E-state index in [0.717, 1.165) is 25.7 Å². The largest absolute Gasteiger partial charge is 0.331 e. The summed E-state index contributed by atoms with van der Waals surface area (Å²) < 4.78 is 0. The Morgan fingerprint density at radius 2 is 2.19 bits per heavy atom. The molecule has 1 fully saturated rings. The van der Waals surface area contributed by atoms with Gasteiger partial charge in [0.1, 0.15) is 6.04 Å². The molecule has 0 aromatic carbocycles. The standard InChI is InChI=1S/C11H20N2O3/c1-3-6-10(14)13-8-5-4-7-9(13)11(15)12-16-2/h9H,3-8H2,1-2H3,(H,12,15)/t9-/m0/s1. The van der Waals surface area contributed by atoms with Crippen LogP contribution >= 0.6 is 0 Å². The molecule has 1 atom stereocenters. The topological polar surface area (TPSA) is 58.6 Å². The molecule has 1 heterocycles. The lowest BCUT2D eigenvalue weighted by Crippen LogP contribution is -2.51. The van der Waals surface area contributed by atoms with E-state index in [4.69, 9.17) is 0 Å². The van der Waals surface area contributed by atoms with Gasteiger partial charge in [-0.1, -0.05) is 6.92 Å². The molecule has 1 aliphatic heterocycles. The summed E-state index contributed by atoms with van der Waals surface area (Å²) in [6.07, 6.45) is 4.01. The second-order valence-electron chi connectivity index (χ2n) is 4.02. The van der Waals surface area contributed by atoms with Crippen molar-refractivity contribution in [1.29, 1.82) is 0 Å². The third-order valence-corrected chi connectivity index (χ3v) is 2.79. The number of hydrogen-bond donors (Lipinski definition) is 1. The monoisotopic (exact) mass is 228 g/mol. The second-order valence-corrected chi connectivity index (χ2v) is 4.02. The van der Waals surface area contributed by atoms with E-state index in [-0.39, 0.29) is 17.9 Å². The third kappa shape index (κ3) is 3.20. The smallest absolute Gasteiger partial charge is 0.266 e. The van der Waals surface area contributed by atoms with E-state index in [1.807, 2.05) is 6.92 Å². The summed E-state index contributed by atoms with van der Waals surface area (Å²) in [7, 11) is 1.40. The number of nitrogens with zero attached hydrogens (tertiary/aromatic N) is 1. The molecule has 1 saturated heterocycles. The number of carbonyl (C=O) groups is 2. The van der Waals surface area contributed by atoms with Gasteiger partial charge in [0.15, 0.2) is 0 Å². The highest BCUT2D eigenvalue weighted by Gasteiger charge is 2.31. The van der Waals surface area contributed by atoms with Crippen LogP contribution in [0, 0.1) is 0 Å². The predicted molar refractivity (Wildman–Crippen MR) is 59.4 cm³/mol. The van der Waals surface area contributed by atoms with E-state index in [1.54, 1.807) is 4.90 Å². The minimum absolute atomic E-state index is 0.0680. The van der Waals surface area contributed by atoms with Gasteiger partial charge in [0, 0.05) is 13.0 Å². The average molecular weight is 228 g/mol. The Morgan fingerprint density at radius 1 is 1.44 bits per heavy atom. The van der Waals surface area contributed by atoms with Crippen molar-refractivity contribution in [2.24, 2.45) is 0 Å². The number of hydrogen-bond acceptors (Lipinski definition) is 3. The second kappa shape index (κ2) is 6.48. The summed E-state index contributed by atoms with van der Waals surface area (Å²) in [5.74, 6) is -0.148. The van der Waals surface area contributed by atoms with Crippen LogP contribution in [-0.2, 0) is 14.4 Å². The van der Waals surface area contributed by atoms with Crippen LogP contribution in [0.15, 0.2) is 0 Å². The number of carbonyl (C=O) groups excluding carboxylic acids is 2. The molecule has 0 saturated carbocycles. The van der Waals surface area contributed by atoms with Gasteiger partial charge >= 0.3 is 0 Å². The van der Waals surface area contributed by atoms with E-state index in [9.17, 15) is 9.59 Å². The van der Waals surface area contributed by atoms with E-state index in [2.05, 4.69) is 10.3 Å². The molecule has 1 rings (SSSR count). The van der Waals surface area contributed by atoms with Crippen LogP contribution in [0.2, 0.25) is 0 Å². The third-order valence-electron chi connectivity index (χ3n) is 2.79. The van der Waals surface area contributed by atoms with Crippen molar-refractivity contribution in [2.45, 2.75) is 45.1 Å². The molecule has 0 aromatic heterocycles. The summed E-state index contributed by atoms with van der Waals surface area (Å²) in [6.45, 7) is 2.65. The predicted octanol–water partition coefficient (Wildman–Crippen LogP) is 0.845. The van der Waals surface area contributed by atoms with E-state index >= 15 is 0 Å². The van der Waals surface area contributed by atoms with Gasteiger partial charge in [0.2, 0.25) is 5.91 Å². The minimum atomic E-state index is -0.354. The Morgan fingerprint density at radius 3 is 2.81 bits per heavy atom. The van der Waals surface area contributed by atoms with E-state index in [1.165, 1.54) is 7.11 Å². The highest BCUT2D eigenvalue weighted by molar-refractivity contribution is 5.87.